The molecular formula is C15H23NO3. The number of aliphatic hydroxyl groups excluding tert-OH is 1. The van der Waals surface area contributed by atoms with E-state index in [1.807, 2.05) is 30.3 Å². The van der Waals surface area contributed by atoms with Gasteiger partial charge in [0.1, 0.15) is 5.60 Å². The third-order valence-electron chi connectivity index (χ3n) is 2.60. The van der Waals surface area contributed by atoms with Crippen LogP contribution in [0.5, 0.6) is 0 Å². The van der Waals surface area contributed by atoms with Gasteiger partial charge >= 0.3 is 5.97 Å². The molecule has 0 aliphatic heterocycles. The van der Waals surface area contributed by atoms with Crippen LogP contribution in [0.2, 0.25) is 0 Å². The van der Waals surface area contributed by atoms with Gasteiger partial charge in [-0.1, -0.05) is 30.3 Å². The summed E-state index contributed by atoms with van der Waals surface area (Å²) in [7, 11) is 0. The normalized spacial score (nSPS) is 14.8. The summed E-state index contributed by atoms with van der Waals surface area (Å²) in [4.78, 5) is 11.6. The van der Waals surface area contributed by atoms with Crippen LogP contribution < -0.4 is 5.73 Å². The van der Waals surface area contributed by atoms with E-state index in [2.05, 4.69) is 0 Å². The Labute approximate surface area is 114 Å². The van der Waals surface area contributed by atoms with Crippen molar-refractivity contribution in [2.45, 2.75) is 51.4 Å². The molecule has 106 valence electrons. The topological polar surface area (TPSA) is 72.5 Å². The van der Waals surface area contributed by atoms with Gasteiger partial charge in [0.2, 0.25) is 0 Å². The van der Waals surface area contributed by atoms with Crippen molar-refractivity contribution in [3.63, 3.8) is 0 Å². The Morgan fingerprint density at radius 1 is 1.32 bits per heavy atom. The maximum Gasteiger partial charge on any atom is 0.308 e. The van der Waals surface area contributed by atoms with Crippen molar-refractivity contribution >= 4 is 5.97 Å². The smallest absolute Gasteiger partial charge is 0.308 e. The number of aliphatic hydroxyl groups is 1. The maximum absolute atomic E-state index is 11.6. The number of nitrogens with two attached hydrogens (primary N) is 1. The van der Waals surface area contributed by atoms with Gasteiger partial charge in [0.25, 0.3) is 0 Å². The van der Waals surface area contributed by atoms with Crippen LogP contribution in [0.25, 0.3) is 0 Å². The molecule has 0 unspecified atom stereocenters. The summed E-state index contributed by atoms with van der Waals surface area (Å²) in [5, 5.41) is 9.92. The molecular weight excluding hydrogens is 242 g/mol. The van der Waals surface area contributed by atoms with Crippen molar-refractivity contribution in [1.29, 1.82) is 0 Å². The molecule has 0 amide bonds. The number of carbonyl (C=O) groups is 1. The van der Waals surface area contributed by atoms with Gasteiger partial charge in [-0.05, 0) is 32.8 Å². The lowest BCUT2D eigenvalue weighted by atomic mass is 10.0. The van der Waals surface area contributed by atoms with Crippen molar-refractivity contribution in [2.75, 3.05) is 0 Å². The number of hydrogen-bond acceptors (Lipinski definition) is 4. The van der Waals surface area contributed by atoms with Gasteiger partial charge in [0, 0.05) is 6.04 Å². The molecule has 0 spiro atoms. The van der Waals surface area contributed by atoms with Gasteiger partial charge < -0.3 is 15.6 Å². The highest BCUT2D eigenvalue weighted by atomic mass is 16.6. The number of hydrogen-bond donors (Lipinski definition) is 2. The monoisotopic (exact) mass is 265 g/mol. The fraction of sp³-hybridized carbons (Fsp3) is 0.533. The number of esters is 1. The van der Waals surface area contributed by atoms with E-state index in [0.717, 1.165) is 5.56 Å². The van der Waals surface area contributed by atoms with Crippen molar-refractivity contribution in [1.82, 2.24) is 0 Å². The molecule has 2 atom stereocenters. The van der Waals surface area contributed by atoms with Gasteiger partial charge in [-0.2, -0.15) is 0 Å². The third kappa shape index (κ3) is 6.36. The Kier molecular flexibility index (Phi) is 5.51. The maximum atomic E-state index is 11.6. The van der Waals surface area contributed by atoms with Gasteiger partial charge in [-0.3, -0.25) is 4.79 Å². The molecule has 0 saturated carbocycles. The van der Waals surface area contributed by atoms with Gasteiger partial charge in [0.15, 0.2) is 0 Å². The number of rotatable bonds is 5. The molecule has 0 fully saturated rings. The predicted molar refractivity (Wildman–Crippen MR) is 74.6 cm³/mol. The molecule has 1 aromatic rings. The number of ether oxygens (including phenoxy) is 1. The molecule has 1 rings (SSSR count). The van der Waals surface area contributed by atoms with Crippen LogP contribution in [0, 0.1) is 0 Å². The summed E-state index contributed by atoms with van der Waals surface area (Å²) in [5.74, 6) is -0.427. The second-order valence-corrected chi connectivity index (χ2v) is 5.71. The number of carbonyl (C=O) groups excluding carboxylic acids is 1. The van der Waals surface area contributed by atoms with E-state index in [9.17, 15) is 9.90 Å². The van der Waals surface area contributed by atoms with Gasteiger partial charge in [-0.15, -0.1) is 0 Å². The van der Waals surface area contributed by atoms with E-state index in [1.54, 1.807) is 20.8 Å². The lowest BCUT2D eigenvalue weighted by Crippen LogP contribution is -2.39. The molecule has 3 N–H and O–H groups in total. The standard InChI is InChI=1S/C15H23NO3/c1-15(2,3)19-14(18)10-13(17)12(16)9-11-7-5-4-6-8-11/h4-8,12-13,17H,9-10,16H2,1-3H3/t12-,13-/m0/s1. The minimum absolute atomic E-state index is 0.0781. The second kappa shape index (κ2) is 6.68. The summed E-state index contributed by atoms with van der Waals surface area (Å²) < 4.78 is 5.15. The molecule has 19 heavy (non-hydrogen) atoms. The molecule has 0 aliphatic rings. The number of benzene rings is 1. The van der Waals surface area contributed by atoms with Crippen molar-refractivity contribution in [3.8, 4) is 0 Å². The second-order valence-electron chi connectivity index (χ2n) is 5.71. The Hall–Kier alpha value is -1.39. The minimum Gasteiger partial charge on any atom is -0.460 e. The molecule has 0 saturated heterocycles. The molecule has 4 heteroatoms. The molecule has 0 aromatic heterocycles. The highest BCUT2D eigenvalue weighted by molar-refractivity contribution is 5.70. The summed E-state index contributed by atoms with van der Waals surface area (Å²) in [5.41, 5.74) is 6.40. The van der Waals surface area contributed by atoms with Crippen molar-refractivity contribution in [3.05, 3.63) is 35.9 Å². The highest BCUT2D eigenvalue weighted by Gasteiger charge is 2.23. The molecule has 1 aromatic carbocycles. The minimum atomic E-state index is -0.893. The SMILES string of the molecule is CC(C)(C)OC(=O)C[C@H](O)[C@@H](N)Cc1ccccc1. The zero-order chi connectivity index (χ0) is 14.5. The molecule has 0 bridgehead atoms. The van der Waals surface area contributed by atoms with Gasteiger partial charge in [-0.25, -0.2) is 0 Å². The Morgan fingerprint density at radius 2 is 1.89 bits per heavy atom. The predicted octanol–water partition coefficient (Wildman–Crippen LogP) is 1.65. The van der Waals surface area contributed by atoms with E-state index in [-0.39, 0.29) is 6.42 Å². The highest BCUT2D eigenvalue weighted by Crippen LogP contribution is 2.12. The molecule has 0 radical (unpaired) electrons. The first-order chi connectivity index (χ1) is 8.78. The van der Waals surface area contributed by atoms with Crippen molar-refractivity contribution < 1.29 is 14.6 Å². The Morgan fingerprint density at radius 3 is 2.42 bits per heavy atom. The molecule has 4 nitrogen and oxygen atoms in total. The zero-order valence-electron chi connectivity index (χ0n) is 11.8. The summed E-state index contributed by atoms with van der Waals surface area (Å²) in [6.45, 7) is 5.38. The lowest BCUT2D eigenvalue weighted by Gasteiger charge is -2.22. The van der Waals surface area contributed by atoms with E-state index in [1.165, 1.54) is 0 Å². The van der Waals surface area contributed by atoms with Crippen LogP contribution in [0.3, 0.4) is 0 Å². The quantitative estimate of drug-likeness (QED) is 0.794. The fourth-order valence-corrected chi connectivity index (χ4v) is 1.73. The molecule has 0 heterocycles. The fourth-order valence-electron chi connectivity index (χ4n) is 1.73. The summed E-state index contributed by atoms with van der Waals surface area (Å²) in [6.07, 6.45) is -0.439. The van der Waals surface area contributed by atoms with Crippen LogP contribution in [0.15, 0.2) is 30.3 Å². The Bertz CT molecular complexity index is 398. The van der Waals surface area contributed by atoms with E-state index < -0.39 is 23.7 Å². The van der Waals surface area contributed by atoms with E-state index >= 15 is 0 Å². The van der Waals surface area contributed by atoms with Crippen LogP contribution in [-0.2, 0) is 16.0 Å². The lowest BCUT2D eigenvalue weighted by molar-refractivity contribution is -0.157. The van der Waals surface area contributed by atoms with Crippen LogP contribution >= 0.6 is 0 Å². The van der Waals surface area contributed by atoms with E-state index in [4.69, 9.17) is 10.5 Å². The average molecular weight is 265 g/mol. The van der Waals surface area contributed by atoms with Gasteiger partial charge in [0.05, 0.1) is 12.5 Å². The van der Waals surface area contributed by atoms with Crippen LogP contribution in [0.1, 0.15) is 32.8 Å². The molecule has 0 aliphatic carbocycles. The summed E-state index contributed by atoms with van der Waals surface area (Å²) >= 11 is 0. The average Bonchev–Trinajstić information content (AvgIpc) is 2.27. The van der Waals surface area contributed by atoms with Crippen molar-refractivity contribution in [2.24, 2.45) is 5.73 Å². The largest absolute Gasteiger partial charge is 0.460 e. The third-order valence-corrected chi connectivity index (χ3v) is 2.60. The summed E-state index contributed by atoms with van der Waals surface area (Å²) in [6, 6.07) is 9.17. The van der Waals surface area contributed by atoms with Crippen LogP contribution in [0.4, 0.5) is 0 Å². The zero-order valence-corrected chi connectivity index (χ0v) is 11.8. The Balaban J connectivity index is 2.45. The first-order valence-electron chi connectivity index (χ1n) is 6.47. The first-order valence-corrected chi connectivity index (χ1v) is 6.47. The van der Waals surface area contributed by atoms with Crippen LogP contribution in [-0.4, -0.2) is 28.8 Å². The van der Waals surface area contributed by atoms with E-state index in [0.29, 0.717) is 6.42 Å². The first kappa shape index (κ1) is 15.7.